The lowest BCUT2D eigenvalue weighted by Crippen LogP contribution is -2.39. The zero-order valence-corrected chi connectivity index (χ0v) is 14.2. The van der Waals surface area contributed by atoms with E-state index in [0.717, 1.165) is 17.7 Å². The lowest BCUT2D eigenvalue weighted by Gasteiger charge is -2.21. The number of nitrogens with one attached hydrogen (secondary N) is 1. The van der Waals surface area contributed by atoms with Crippen LogP contribution in [0.2, 0.25) is 5.02 Å². The van der Waals surface area contributed by atoms with Gasteiger partial charge in [0.1, 0.15) is 6.54 Å². The summed E-state index contributed by atoms with van der Waals surface area (Å²) < 4.78 is 0. The van der Waals surface area contributed by atoms with Gasteiger partial charge in [-0.1, -0.05) is 17.7 Å². The molecule has 1 aromatic carbocycles. The Morgan fingerprint density at radius 1 is 1.43 bits per heavy atom. The Labute approximate surface area is 143 Å². The van der Waals surface area contributed by atoms with Gasteiger partial charge in [0, 0.05) is 27.7 Å². The van der Waals surface area contributed by atoms with E-state index >= 15 is 0 Å². The maximum absolute atomic E-state index is 12.6. The predicted octanol–water partition coefficient (Wildman–Crippen LogP) is 3.35. The zero-order valence-electron chi connectivity index (χ0n) is 12.6. The van der Waals surface area contributed by atoms with Gasteiger partial charge in [-0.3, -0.25) is 9.59 Å². The van der Waals surface area contributed by atoms with E-state index in [2.05, 4.69) is 10.3 Å². The molecule has 1 aliphatic carbocycles. The summed E-state index contributed by atoms with van der Waals surface area (Å²) in [7, 11) is 0. The molecule has 1 aliphatic rings. The number of carbonyl (C=O) groups is 2. The van der Waals surface area contributed by atoms with Gasteiger partial charge in [0.05, 0.1) is 0 Å². The largest absolute Gasteiger partial charge is 0.326 e. The summed E-state index contributed by atoms with van der Waals surface area (Å²) in [6.45, 7) is 1.95. The van der Waals surface area contributed by atoms with Gasteiger partial charge in [0.2, 0.25) is 5.91 Å². The van der Waals surface area contributed by atoms with E-state index in [0.29, 0.717) is 15.7 Å². The number of benzene rings is 1. The Bertz CT molecular complexity index is 742. The summed E-state index contributed by atoms with van der Waals surface area (Å²) in [4.78, 5) is 31.6. The van der Waals surface area contributed by atoms with Crippen molar-refractivity contribution in [2.45, 2.75) is 25.8 Å². The molecule has 23 heavy (non-hydrogen) atoms. The van der Waals surface area contributed by atoms with Crippen LogP contribution in [0.15, 0.2) is 30.5 Å². The normalized spacial score (nSPS) is 13.7. The van der Waals surface area contributed by atoms with Gasteiger partial charge in [-0.25, -0.2) is 4.98 Å². The molecule has 0 unspecified atom stereocenters. The van der Waals surface area contributed by atoms with E-state index in [1.54, 1.807) is 35.4 Å². The molecule has 120 valence electrons. The Kier molecular flexibility index (Phi) is 4.63. The molecule has 1 heterocycles. The van der Waals surface area contributed by atoms with Crippen molar-refractivity contribution in [1.29, 1.82) is 0 Å². The Balaban J connectivity index is 1.69. The van der Waals surface area contributed by atoms with E-state index in [-0.39, 0.29) is 24.4 Å². The number of hydrogen-bond acceptors (Lipinski definition) is 4. The SMILES string of the molecule is Cc1cnc(NC(=O)CN(C(=O)c2cccc(Cl)c2)C2CC2)s1. The fourth-order valence-corrected chi connectivity index (χ4v) is 3.14. The average molecular weight is 350 g/mol. The quantitative estimate of drug-likeness (QED) is 0.900. The standard InChI is InChI=1S/C16H16ClN3O2S/c1-10-8-18-16(23-10)19-14(21)9-20(13-5-6-13)15(22)11-3-2-4-12(17)7-11/h2-4,7-8,13H,5-6,9H2,1H3,(H,18,19,21). The molecule has 7 heteroatoms. The first kappa shape index (κ1) is 16.0. The molecular formula is C16H16ClN3O2S. The predicted molar refractivity (Wildman–Crippen MR) is 91.0 cm³/mol. The van der Waals surface area contributed by atoms with Crippen LogP contribution in [0, 0.1) is 6.92 Å². The number of halogens is 1. The summed E-state index contributed by atoms with van der Waals surface area (Å²) in [5.41, 5.74) is 0.502. The summed E-state index contributed by atoms with van der Waals surface area (Å²) in [5, 5.41) is 3.80. The lowest BCUT2D eigenvalue weighted by atomic mass is 10.2. The highest BCUT2D eigenvalue weighted by Crippen LogP contribution is 2.28. The number of nitrogens with zero attached hydrogens (tertiary/aromatic N) is 2. The zero-order chi connectivity index (χ0) is 16.4. The molecule has 0 atom stereocenters. The molecule has 3 rings (SSSR count). The van der Waals surface area contributed by atoms with Crippen LogP contribution in [0.4, 0.5) is 5.13 Å². The van der Waals surface area contributed by atoms with Crippen LogP contribution in [0.1, 0.15) is 28.1 Å². The van der Waals surface area contributed by atoms with Gasteiger partial charge in [-0.2, -0.15) is 0 Å². The van der Waals surface area contributed by atoms with Crippen LogP contribution in [0.25, 0.3) is 0 Å². The molecule has 0 aliphatic heterocycles. The van der Waals surface area contributed by atoms with E-state index < -0.39 is 0 Å². The summed E-state index contributed by atoms with van der Waals surface area (Å²) in [6, 6.07) is 6.92. The van der Waals surface area contributed by atoms with Crippen molar-refractivity contribution in [2.75, 3.05) is 11.9 Å². The minimum Gasteiger partial charge on any atom is -0.326 e. The van der Waals surface area contributed by atoms with Gasteiger partial charge >= 0.3 is 0 Å². The van der Waals surface area contributed by atoms with Gasteiger partial charge < -0.3 is 10.2 Å². The monoisotopic (exact) mass is 349 g/mol. The molecule has 2 amide bonds. The molecule has 1 saturated carbocycles. The minimum absolute atomic E-state index is 0.0225. The second-order valence-corrected chi connectivity index (χ2v) is 7.17. The van der Waals surface area contributed by atoms with Crippen LogP contribution in [0.5, 0.6) is 0 Å². The van der Waals surface area contributed by atoms with E-state index in [9.17, 15) is 9.59 Å². The molecular weight excluding hydrogens is 334 g/mol. The number of anilines is 1. The minimum atomic E-state index is -0.235. The van der Waals surface area contributed by atoms with Crippen molar-refractivity contribution in [1.82, 2.24) is 9.88 Å². The van der Waals surface area contributed by atoms with E-state index in [1.165, 1.54) is 11.3 Å². The summed E-state index contributed by atoms with van der Waals surface area (Å²) in [6.07, 6.45) is 3.56. The molecule has 5 nitrogen and oxygen atoms in total. The van der Waals surface area contributed by atoms with Crippen LogP contribution in [0.3, 0.4) is 0 Å². The van der Waals surface area contributed by atoms with Gasteiger partial charge in [0.25, 0.3) is 5.91 Å². The van der Waals surface area contributed by atoms with Crippen molar-refractivity contribution in [3.05, 3.63) is 45.9 Å². The maximum atomic E-state index is 12.6. The third-order valence-electron chi connectivity index (χ3n) is 3.50. The number of thiazole rings is 1. The molecule has 0 radical (unpaired) electrons. The Hall–Kier alpha value is -1.92. The van der Waals surface area contributed by atoms with Crippen LogP contribution in [-0.4, -0.2) is 34.3 Å². The van der Waals surface area contributed by atoms with Crippen LogP contribution < -0.4 is 5.32 Å². The lowest BCUT2D eigenvalue weighted by molar-refractivity contribution is -0.117. The first-order valence-corrected chi connectivity index (χ1v) is 8.51. The molecule has 0 bridgehead atoms. The van der Waals surface area contributed by atoms with E-state index in [1.807, 2.05) is 6.92 Å². The number of carbonyl (C=O) groups excluding carboxylic acids is 2. The Morgan fingerprint density at radius 2 is 2.22 bits per heavy atom. The average Bonchev–Trinajstić information content (AvgIpc) is 3.27. The molecule has 1 fully saturated rings. The second-order valence-electron chi connectivity index (χ2n) is 5.50. The fraction of sp³-hybridized carbons (Fsp3) is 0.312. The highest BCUT2D eigenvalue weighted by molar-refractivity contribution is 7.15. The van der Waals surface area contributed by atoms with Crippen LogP contribution in [-0.2, 0) is 4.79 Å². The summed E-state index contributed by atoms with van der Waals surface area (Å²) >= 11 is 7.36. The highest BCUT2D eigenvalue weighted by Gasteiger charge is 2.34. The third kappa shape index (κ3) is 4.09. The molecule has 2 aromatic rings. The van der Waals surface area contributed by atoms with Crippen molar-refractivity contribution in [3.63, 3.8) is 0 Å². The Morgan fingerprint density at radius 3 is 2.83 bits per heavy atom. The molecule has 1 N–H and O–H groups in total. The van der Waals surface area contributed by atoms with Crippen molar-refractivity contribution >= 4 is 39.9 Å². The second kappa shape index (κ2) is 6.68. The number of aromatic nitrogens is 1. The number of hydrogen-bond donors (Lipinski definition) is 1. The van der Waals surface area contributed by atoms with Crippen molar-refractivity contribution in [3.8, 4) is 0 Å². The number of amides is 2. The smallest absolute Gasteiger partial charge is 0.254 e. The highest BCUT2D eigenvalue weighted by atomic mass is 35.5. The van der Waals surface area contributed by atoms with Gasteiger partial charge in [-0.15, -0.1) is 11.3 Å². The molecule has 1 aromatic heterocycles. The third-order valence-corrected chi connectivity index (χ3v) is 4.56. The van der Waals surface area contributed by atoms with Crippen LogP contribution >= 0.6 is 22.9 Å². The molecule has 0 spiro atoms. The fourth-order valence-electron chi connectivity index (χ4n) is 2.27. The molecule has 0 saturated heterocycles. The van der Waals surface area contributed by atoms with Crippen molar-refractivity contribution < 1.29 is 9.59 Å². The van der Waals surface area contributed by atoms with Gasteiger partial charge in [-0.05, 0) is 38.0 Å². The van der Waals surface area contributed by atoms with Crippen molar-refractivity contribution in [2.24, 2.45) is 0 Å². The summed E-state index contributed by atoms with van der Waals surface area (Å²) in [5.74, 6) is -0.401. The topological polar surface area (TPSA) is 62.3 Å². The number of rotatable bonds is 5. The first-order valence-electron chi connectivity index (χ1n) is 7.32. The first-order chi connectivity index (χ1) is 11.0. The maximum Gasteiger partial charge on any atom is 0.254 e. The van der Waals surface area contributed by atoms with Gasteiger partial charge in [0.15, 0.2) is 5.13 Å². The number of aryl methyl sites for hydroxylation is 1. The van der Waals surface area contributed by atoms with E-state index in [4.69, 9.17) is 11.6 Å².